The number of benzene rings is 1. The summed E-state index contributed by atoms with van der Waals surface area (Å²) in [7, 11) is 0. The van der Waals surface area contributed by atoms with Crippen LogP contribution in [-0.4, -0.2) is 23.7 Å². The van der Waals surface area contributed by atoms with Gasteiger partial charge in [0, 0.05) is 17.7 Å². The maximum Gasteiger partial charge on any atom is 0.128 e. The molecule has 2 saturated heterocycles. The van der Waals surface area contributed by atoms with Crippen LogP contribution in [-0.2, 0) is 10.3 Å². The Morgan fingerprint density at radius 2 is 2.05 bits per heavy atom. The lowest BCUT2D eigenvalue weighted by molar-refractivity contribution is -0.113. The van der Waals surface area contributed by atoms with Crippen molar-refractivity contribution in [2.75, 3.05) is 18.1 Å². The first-order valence-electron chi connectivity index (χ1n) is 7.79. The minimum atomic E-state index is -0.632. The molecule has 2 N–H and O–H groups in total. The molecule has 0 amide bonds. The number of hydrogen-bond donors (Lipinski definition) is 1. The standard InChI is InChI=1S/C17H24FNOS/c1-16(19,14-4-2-3-5-15(14)18)13-6-9-20-17(12-13)7-10-21-11-8-17/h2-5,13H,6-12,19H2,1H3. The average Bonchev–Trinajstić information content (AvgIpc) is 2.48. The van der Waals surface area contributed by atoms with E-state index in [1.54, 1.807) is 6.07 Å². The van der Waals surface area contributed by atoms with Crippen molar-refractivity contribution in [3.8, 4) is 0 Å². The first kappa shape index (κ1) is 15.3. The lowest BCUT2D eigenvalue weighted by Gasteiger charge is -2.48. The van der Waals surface area contributed by atoms with Crippen LogP contribution in [0.2, 0.25) is 0 Å². The zero-order chi connectivity index (χ0) is 14.9. The fourth-order valence-corrected chi connectivity index (χ4v) is 4.99. The molecule has 2 aliphatic rings. The third-order valence-corrected chi connectivity index (χ3v) is 6.18. The van der Waals surface area contributed by atoms with E-state index in [9.17, 15) is 4.39 Å². The smallest absolute Gasteiger partial charge is 0.128 e. The van der Waals surface area contributed by atoms with Gasteiger partial charge >= 0.3 is 0 Å². The van der Waals surface area contributed by atoms with Crippen LogP contribution in [0.3, 0.4) is 0 Å². The number of hydrogen-bond acceptors (Lipinski definition) is 3. The molecule has 116 valence electrons. The highest BCUT2D eigenvalue weighted by atomic mass is 32.2. The molecular weight excluding hydrogens is 285 g/mol. The van der Waals surface area contributed by atoms with Crippen molar-refractivity contribution in [3.63, 3.8) is 0 Å². The molecule has 3 rings (SSSR count). The van der Waals surface area contributed by atoms with Crippen LogP contribution in [0.5, 0.6) is 0 Å². The second-order valence-corrected chi connectivity index (χ2v) is 7.82. The van der Waals surface area contributed by atoms with E-state index in [0.717, 1.165) is 43.8 Å². The summed E-state index contributed by atoms with van der Waals surface area (Å²) in [6, 6.07) is 6.93. The van der Waals surface area contributed by atoms with Crippen LogP contribution in [0.1, 0.15) is 38.2 Å². The van der Waals surface area contributed by atoms with E-state index in [-0.39, 0.29) is 17.3 Å². The number of nitrogens with two attached hydrogens (primary N) is 1. The molecule has 0 bridgehead atoms. The summed E-state index contributed by atoms with van der Waals surface area (Å²) >= 11 is 2.00. The minimum Gasteiger partial charge on any atom is -0.375 e. The monoisotopic (exact) mass is 309 g/mol. The van der Waals surface area contributed by atoms with Gasteiger partial charge in [0.2, 0.25) is 0 Å². The quantitative estimate of drug-likeness (QED) is 0.905. The zero-order valence-electron chi connectivity index (χ0n) is 12.6. The molecule has 2 heterocycles. The summed E-state index contributed by atoms with van der Waals surface area (Å²) in [4.78, 5) is 0. The molecular formula is C17H24FNOS. The Bertz CT molecular complexity index is 494. The van der Waals surface area contributed by atoms with Crippen molar-refractivity contribution in [1.82, 2.24) is 0 Å². The van der Waals surface area contributed by atoms with Crippen LogP contribution in [0, 0.1) is 11.7 Å². The minimum absolute atomic E-state index is 0.0138. The van der Waals surface area contributed by atoms with Gasteiger partial charge in [0.25, 0.3) is 0 Å². The van der Waals surface area contributed by atoms with Crippen molar-refractivity contribution >= 4 is 11.8 Å². The predicted octanol–water partition coefficient (Wildman–Crippen LogP) is 3.69. The van der Waals surface area contributed by atoms with Crippen LogP contribution < -0.4 is 5.73 Å². The fraction of sp³-hybridized carbons (Fsp3) is 0.647. The van der Waals surface area contributed by atoms with Gasteiger partial charge in [0.1, 0.15) is 5.82 Å². The third-order valence-electron chi connectivity index (χ3n) is 5.20. The van der Waals surface area contributed by atoms with Crippen molar-refractivity contribution in [3.05, 3.63) is 35.6 Å². The summed E-state index contributed by atoms with van der Waals surface area (Å²) in [5.41, 5.74) is 6.59. The Morgan fingerprint density at radius 3 is 2.76 bits per heavy atom. The molecule has 2 fully saturated rings. The van der Waals surface area contributed by atoms with Gasteiger partial charge < -0.3 is 10.5 Å². The molecule has 2 atom stereocenters. The highest BCUT2D eigenvalue weighted by Crippen LogP contribution is 2.45. The van der Waals surface area contributed by atoms with Crippen LogP contribution >= 0.6 is 11.8 Å². The molecule has 0 aromatic heterocycles. The zero-order valence-corrected chi connectivity index (χ0v) is 13.4. The van der Waals surface area contributed by atoms with Crippen LogP contribution in [0.4, 0.5) is 4.39 Å². The maximum atomic E-state index is 14.2. The Balaban J connectivity index is 1.83. The number of ether oxygens (including phenoxy) is 1. The second-order valence-electron chi connectivity index (χ2n) is 6.60. The molecule has 2 unspecified atom stereocenters. The molecule has 21 heavy (non-hydrogen) atoms. The van der Waals surface area contributed by atoms with Gasteiger partial charge in [0.15, 0.2) is 0 Å². The topological polar surface area (TPSA) is 35.2 Å². The van der Waals surface area contributed by atoms with Gasteiger partial charge in [-0.25, -0.2) is 4.39 Å². The van der Waals surface area contributed by atoms with Crippen molar-refractivity contribution in [2.24, 2.45) is 11.7 Å². The molecule has 1 spiro atoms. The normalized spacial score (nSPS) is 28.2. The average molecular weight is 309 g/mol. The number of rotatable bonds is 2. The Kier molecular flexibility index (Phi) is 4.30. The molecule has 0 aliphatic carbocycles. The maximum absolute atomic E-state index is 14.2. The van der Waals surface area contributed by atoms with Gasteiger partial charge in [-0.2, -0.15) is 11.8 Å². The lowest BCUT2D eigenvalue weighted by Crippen LogP contribution is -2.51. The first-order valence-corrected chi connectivity index (χ1v) is 8.95. The van der Waals surface area contributed by atoms with Crippen molar-refractivity contribution in [1.29, 1.82) is 0 Å². The van der Waals surface area contributed by atoms with E-state index in [2.05, 4.69) is 0 Å². The molecule has 0 radical (unpaired) electrons. The molecule has 1 aromatic carbocycles. The SMILES string of the molecule is CC(N)(c1ccccc1F)C1CCOC2(CCSCC2)C1. The number of thioether (sulfide) groups is 1. The number of halogens is 1. The molecule has 0 saturated carbocycles. The fourth-order valence-electron chi connectivity index (χ4n) is 3.75. The summed E-state index contributed by atoms with van der Waals surface area (Å²) in [5, 5.41) is 0. The molecule has 2 aliphatic heterocycles. The van der Waals surface area contributed by atoms with Gasteiger partial charge in [-0.1, -0.05) is 18.2 Å². The highest BCUT2D eigenvalue weighted by molar-refractivity contribution is 7.99. The largest absolute Gasteiger partial charge is 0.375 e. The summed E-state index contributed by atoms with van der Waals surface area (Å²) in [6.07, 6.45) is 4.06. The van der Waals surface area contributed by atoms with Gasteiger partial charge in [-0.05, 0) is 56.1 Å². The van der Waals surface area contributed by atoms with Crippen molar-refractivity contribution in [2.45, 2.75) is 43.7 Å². The van der Waals surface area contributed by atoms with E-state index in [1.165, 1.54) is 6.07 Å². The van der Waals surface area contributed by atoms with E-state index < -0.39 is 5.54 Å². The summed E-state index contributed by atoms with van der Waals surface area (Å²) in [5.74, 6) is 2.40. The second kappa shape index (κ2) is 5.90. The Hall–Kier alpha value is -0.580. The van der Waals surface area contributed by atoms with Gasteiger partial charge in [-0.15, -0.1) is 0 Å². The first-order chi connectivity index (χ1) is 10.0. The molecule has 2 nitrogen and oxygen atoms in total. The van der Waals surface area contributed by atoms with Crippen LogP contribution in [0.25, 0.3) is 0 Å². The van der Waals surface area contributed by atoms with E-state index in [1.807, 2.05) is 30.8 Å². The van der Waals surface area contributed by atoms with E-state index in [0.29, 0.717) is 5.56 Å². The van der Waals surface area contributed by atoms with Crippen molar-refractivity contribution < 1.29 is 9.13 Å². The van der Waals surface area contributed by atoms with E-state index in [4.69, 9.17) is 10.5 Å². The third kappa shape index (κ3) is 2.99. The predicted molar refractivity (Wildman–Crippen MR) is 85.9 cm³/mol. The van der Waals surface area contributed by atoms with Crippen LogP contribution in [0.15, 0.2) is 24.3 Å². The Labute approximate surface area is 130 Å². The molecule has 1 aromatic rings. The lowest BCUT2D eigenvalue weighted by atomic mass is 9.70. The summed E-state index contributed by atoms with van der Waals surface area (Å²) < 4.78 is 20.3. The van der Waals surface area contributed by atoms with Gasteiger partial charge in [0.05, 0.1) is 5.60 Å². The Morgan fingerprint density at radius 1 is 1.33 bits per heavy atom. The van der Waals surface area contributed by atoms with Gasteiger partial charge in [-0.3, -0.25) is 0 Å². The summed E-state index contributed by atoms with van der Waals surface area (Å²) in [6.45, 7) is 2.73. The van der Waals surface area contributed by atoms with E-state index >= 15 is 0 Å². The molecule has 4 heteroatoms. The highest BCUT2D eigenvalue weighted by Gasteiger charge is 2.45.